The van der Waals surface area contributed by atoms with Crippen molar-refractivity contribution >= 4 is 22.1 Å². The van der Waals surface area contributed by atoms with Crippen molar-refractivity contribution < 1.29 is 40.7 Å². The highest BCUT2D eigenvalue weighted by Crippen LogP contribution is 2.32. The van der Waals surface area contributed by atoms with E-state index in [1.54, 1.807) is 20.8 Å². The smallest absolute Gasteiger partial charge is 0.416 e. The molecule has 1 saturated heterocycles. The first kappa shape index (κ1) is 24.9. The van der Waals surface area contributed by atoms with Gasteiger partial charge in [-0.2, -0.15) is 17.5 Å². The largest absolute Gasteiger partial charge is 0.469 e. The number of benzene rings is 1. The van der Waals surface area contributed by atoms with E-state index in [2.05, 4.69) is 4.74 Å². The van der Waals surface area contributed by atoms with Crippen molar-refractivity contribution in [3.05, 3.63) is 29.8 Å². The molecule has 1 aromatic rings. The van der Waals surface area contributed by atoms with Crippen LogP contribution in [0.25, 0.3) is 0 Å². The molecule has 0 aliphatic carbocycles. The van der Waals surface area contributed by atoms with Gasteiger partial charge in [0.2, 0.25) is 10.0 Å². The monoisotopic (exact) mass is 466 g/mol. The van der Waals surface area contributed by atoms with Crippen molar-refractivity contribution in [1.29, 1.82) is 0 Å². The van der Waals surface area contributed by atoms with E-state index in [0.717, 1.165) is 29.6 Å². The number of esters is 1. The van der Waals surface area contributed by atoms with Gasteiger partial charge in [-0.1, -0.05) is 6.07 Å². The van der Waals surface area contributed by atoms with Crippen LogP contribution in [0.2, 0.25) is 0 Å². The van der Waals surface area contributed by atoms with Crippen LogP contribution in [0.1, 0.15) is 32.8 Å². The van der Waals surface area contributed by atoms with Gasteiger partial charge in [0, 0.05) is 19.6 Å². The molecule has 12 heteroatoms. The van der Waals surface area contributed by atoms with Gasteiger partial charge in [-0.25, -0.2) is 13.2 Å². The number of carbonyl (C=O) groups is 2. The molecule has 31 heavy (non-hydrogen) atoms. The van der Waals surface area contributed by atoms with E-state index in [-0.39, 0.29) is 26.1 Å². The normalized spacial score (nSPS) is 18.5. The number of methoxy groups -OCH3 is 1. The summed E-state index contributed by atoms with van der Waals surface area (Å²) in [6.45, 7) is 4.56. The van der Waals surface area contributed by atoms with Crippen molar-refractivity contribution in [2.75, 3.05) is 26.7 Å². The second-order valence-corrected chi connectivity index (χ2v) is 9.89. The lowest BCUT2D eigenvalue weighted by Crippen LogP contribution is -2.57. The zero-order valence-corrected chi connectivity index (χ0v) is 18.4. The van der Waals surface area contributed by atoms with Gasteiger partial charge in [-0.15, -0.1) is 0 Å². The molecule has 0 N–H and O–H groups in total. The predicted octanol–water partition coefficient (Wildman–Crippen LogP) is 2.88. The zero-order valence-electron chi connectivity index (χ0n) is 17.6. The fourth-order valence-electron chi connectivity index (χ4n) is 3.06. The molecular formula is C19H25F3N2O6S. The number of amides is 1. The summed E-state index contributed by atoms with van der Waals surface area (Å²) in [5.74, 6) is -0.722. The molecule has 1 aromatic carbocycles. The van der Waals surface area contributed by atoms with E-state index in [9.17, 15) is 31.2 Å². The third kappa shape index (κ3) is 6.33. The summed E-state index contributed by atoms with van der Waals surface area (Å²) in [6, 6.07) is 2.34. The molecule has 1 aliphatic rings. The van der Waals surface area contributed by atoms with Crippen LogP contribution in [-0.2, 0) is 30.5 Å². The Labute approximate surface area is 178 Å². The van der Waals surface area contributed by atoms with E-state index < -0.39 is 50.4 Å². The second kappa shape index (κ2) is 9.03. The molecular weight excluding hydrogens is 441 g/mol. The summed E-state index contributed by atoms with van der Waals surface area (Å²) in [7, 11) is -3.26. The van der Waals surface area contributed by atoms with Gasteiger partial charge < -0.3 is 14.4 Å². The van der Waals surface area contributed by atoms with Crippen LogP contribution in [0.3, 0.4) is 0 Å². The van der Waals surface area contributed by atoms with Crippen LogP contribution in [0, 0.1) is 0 Å². The van der Waals surface area contributed by atoms with Crippen molar-refractivity contribution in [3.63, 3.8) is 0 Å². The molecule has 0 radical (unpaired) electrons. The highest BCUT2D eigenvalue weighted by Gasteiger charge is 2.40. The summed E-state index contributed by atoms with van der Waals surface area (Å²) in [5, 5.41) is 0. The Morgan fingerprint density at radius 3 is 2.35 bits per heavy atom. The average molecular weight is 466 g/mol. The molecule has 174 valence electrons. The second-order valence-electron chi connectivity index (χ2n) is 8.00. The Balaban J connectivity index is 2.35. The SMILES string of the molecule is COC(=O)CC1CN(C(=O)OC(C)(C)C)CCN1S(=O)(=O)c1cccc(C(F)(F)F)c1. The van der Waals surface area contributed by atoms with Crippen LogP contribution in [-0.4, -0.2) is 68.1 Å². The first-order valence-electron chi connectivity index (χ1n) is 9.39. The molecule has 1 heterocycles. The molecule has 0 saturated carbocycles. The summed E-state index contributed by atoms with van der Waals surface area (Å²) >= 11 is 0. The Bertz CT molecular complexity index is 927. The number of hydrogen-bond acceptors (Lipinski definition) is 6. The van der Waals surface area contributed by atoms with Crippen molar-refractivity contribution in [3.8, 4) is 0 Å². The maximum atomic E-state index is 13.1. The number of ether oxygens (including phenoxy) is 2. The van der Waals surface area contributed by atoms with Crippen molar-refractivity contribution in [1.82, 2.24) is 9.21 Å². The highest BCUT2D eigenvalue weighted by atomic mass is 32.2. The summed E-state index contributed by atoms with van der Waals surface area (Å²) in [5.41, 5.74) is -1.89. The highest BCUT2D eigenvalue weighted by molar-refractivity contribution is 7.89. The van der Waals surface area contributed by atoms with E-state index in [4.69, 9.17) is 4.74 Å². The van der Waals surface area contributed by atoms with Crippen LogP contribution < -0.4 is 0 Å². The molecule has 8 nitrogen and oxygen atoms in total. The number of hydrogen-bond donors (Lipinski definition) is 0. The van der Waals surface area contributed by atoms with Crippen LogP contribution in [0.4, 0.5) is 18.0 Å². The predicted molar refractivity (Wildman–Crippen MR) is 104 cm³/mol. The minimum Gasteiger partial charge on any atom is -0.469 e. The molecule has 0 aromatic heterocycles. The number of sulfonamides is 1. The third-order valence-electron chi connectivity index (χ3n) is 4.48. The van der Waals surface area contributed by atoms with Crippen LogP contribution in [0.5, 0.6) is 0 Å². The van der Waals surface area contributed by atoms with Gasteiger partial charge in [0.15, 0.2) is 0 Å². The van der Waals surface area contributed by atoms with Gasteiger partial charge in [0.05, 0.1) is 30.0 Å². The molecule has 1 unspecified atom stereocenters. The Hall–Kier alpha value is -2.34. The van der Waals surface area contributed by atoms with Gasteiger partial charge in [0.25, 0.3) is 0 Å². The lowest BCUT2D eigenvalue weighted by Gasteiger charge is -2.40. The lowest BCUT2D eigenvalue weighted by molar-refractivity contribution is -0.142. The quantitative estimate of drug-likeness (QED) is 0.634. The first-order valence-corrected chi connectivity index (χ1v) is 10.8. The van der Waals surface area contributed by atoms with Gasteiger partial charge in [0.1, 0.15) is 5.60 Å². The maximum Gasteiger partial charge on any atom is 0.416 e. The number of carbonyl (C=O) groups excluding carboxylic acids is 2. The van der Waals surface area contributed by atoms with Crippen molar-refractivity contribution in [2.24, 2.45) is 0 Å². The van der Waals surface area contributed by atoms with E-state index in [1.807, 2.05) is 0 Å². The van der Waals surface area contributed by atoms with E-state index in [0.29, 0.717) is 6.07 Å². The van der Waals surface area contributed by atoms with Crippen LogP contribution >= 0.6 is 0 Å². The van der Waals surface area contributed by atoms with Gasteiger partial charge in [-0.3, -0.25) is 4.79 Å². The molecule has 0 spiro atoms. The van der Waals surface area contributed by atoms with E-state index in [1.165, 1.54) is 4.90 Å². The zero-order chi connectivity index (χ0) is 23.6. The number of piperazine rings is 1. The summed E-state index contributed by atoms with van der Waals surface area (Å²) in [6.07, 6.45) is -5.78. The van der Waals surface area contributed by atoms with Gasteiger partial charge in [-0.05, 0) is 39.0 Å². The van der Waals surface area contributed by atoms with E-state index >= 15 is 0 Å². The van der Waals surface area contributed by atoms with Crippen LogP contribution in [0.15, 0.2) is 29.2 Å². The molecule has 1 atom stereocenters. The fourth-order valence-corrected chi connectivity index (χ4v) is 4.71. The first-order chi connectivity index (χ1) is 14.1. The summed E-state index contributed by atoms with van der Waals surface area (Å²) in [4.78, 5) is 25.0. The molecule has 1 aliphatic heterocycles. The Morgan fingerprint density at radius 1 is 1.16 bits per heavy atom. The molecule has 0 bridgehead atoms. The number of halogens is 3. The van der Waals surface area contributed by atoms with Crippen molar-refractivity contribution in [2.45, 2.75) is 49.9 Å². The fraction of sp³-hybridized carbons (Fsp3) is 0.579. The number of nitrogens with zero attached hydrogens (tertiary/aromatic N) is 2. The molecule has 1 amide bonds. The summed E-state index contributed by atoms with van der Waals surface area (Å²) < 4.78 is 76.2. The minimum atomic E-state index is -4.72. The Kier molecular flexibility index (Phi) is 7.26. The number of alkyl halides is 3. The lowest BCUT2D eigenvalue weighted by atomic mass is 10.1. The maximum absolute atomic E-state index is 13.1. The molecule has 1 fully saturated rings. The molecule has 2 rings (SSSR count). The third-order valence-corrected chi connectivity index (χ3v) is 6.43. The topological polar surface area (TPSA) is 93.2 Å². The van der Waals surface area contributed by atoms with Gasteiger partial charge >= 0.3 is 18.2 Å². The Morgan fingerprint density at radius 2 is 1.81 bits per heavy atom. The number of rotatable bonds is 4. The average Bonchev–Trinajstić information content (AvgIpc) is 2.65. The standard InChI is InChI=1S/C19H25F3N2O6S/c1-18(2,3)30-17(26)23-8-9-24(14(12-23)11-16(25)29-4)31(27,28)15-7-5-6-13(10-15)19(20,21)22/h5-7,10,14H,8-9,11-12H2,1-4H3. The minimum absolute atomic E-state index is 0.0508.